The summed E-state index contributed by atoms with van der Waals surface area (Å²) in [7, 11) is 0. The SMILES string of the molecule is O=C(NCCCCN1C[CH]CC1)N1CCOCC1. The minimum atomic E-state index is 0.0628. The van der Waals surface area contributed by atoms with Crippen LogP contribution in [0.1, 0.15) is 19.3 Å². The van der Waals surface area contributed by atoms with Crippen molar-refractivity contribution in [3.8, 4) is 0 Å². The number of nitrogens with zero attached hydrogens (tertiary/aromatic N) is 2. The maximum absolute atomic E-state index is 11.8. The largest absolute Gasteiger partial charge is 0.378 e. The van der Waals surface area contributed by atoms with Gasteiger partial charge in [0.2, 0.25) is 0 Å². The minimum absolute atomic E-state index is 0.0628. The van der Waals surface area contributed by atoms with Crippen molar-refractivity contribution in [2.24, 2.45) is 0 Å². The van der Waals surface area contributed by atoms with E-state index >= 15 is 0 Å². The van der Waals surface area contributed by atoms with Crippen LogP contribution in [0.5, 0.6) is 0 Å². The number of rotatable bonds is 5. The zero-order chi connectivity index (χ0) is 12.6. The lowest BCUT2D eigenvalue weighted by Crippen LogP contribution is -2.46. The van der Waals surface area contributed by atoms with E-state index in [4.69, 9.17) is 4.74 Å². The number of morpholine rings is 1. The van der Waals surface area contributed by atoms with Gasteiger partial charge < -0.3 is 19.9 Å². The molecule has 1 radical (unpaired) electrons. The predicted octanol–water partition coefficient (Wildman–Crippen LogP) is 0.718. The van der Waals surface area contributed by atoms with Crippen LogP contribution in [0.25, 0.3) is 0 Å². The maximum atomic E-state index is 11.8. The van der Waals surface area contributed by atoms with Crippen molar-refractivity contribution in [1.82, 2.24) is 15.1 Å². The molecule has 2 heterocycles. The summed E-state index contributed by atoms with van der Waals surface area (Å²) in [4.78, 5) is 16.1. The first kappa shape index (κ1) is 13.6. The van der Waals surface area contributed by atoms with Gasteiger partial charge in [-0.3, -0.25) is 0 Å². The fraction of sp³-hybridized carbons (Fsp3) is 0.846. The lowest BCUT2D eigenvalue weighted by atomic mass is 10.3. The molecule has 2 aliphatic rings. The van der Waals surface area contributed by atoms with Crippen LogP contribution in [0.3, 0.4) is 0 Å². The molecular formula is C13H24N3O2. The van der Waals surface area contributed by atoms with Crippen molar-refractivity contribution in [3.05, 3.63) is 6.42 Å². The topological polar surface area (TPSA) is 44.8 Å². The summed E-state index contributed by atoms with van der Waals surface area (Å²) in [6.45, 7) is 7.06. The van der Waals surface area contributed by atoms with Gasteiger partial charge in [0.15, 0.2) is 0 Å². The van der Waals surface area contributed by atoms with E-state index in [0.29, 0.717) is 13.2 Å². The first-order chi connectivity index (χ1) is 8.86. The highest BCUT2D eigenvalue weighted by Crippen LogP contribution is 2.07. The number of unbranched alkanes of at least 4 members (excludes halogenated alkanes) is 1. The first-order valence-electron chi connectivity index (χ1n) is 7.01. The van der Waals surface area contributed by atoms with Gasteiger partial charge in [0.1, 0.15) is 0 Å². The van der Waals surface area contributed by atoms with Crippen LogP contribution in [0.15, 0.2) is 0 Å². The van der Waals surface area contributed by atoms with Gasteiger partial charge in [0, 0.05) is 26.2 Å². The van der Waals surface area contributed by atoms with E-state index < -0.39 is 0 Å². The summed E-state index contributed by atoms with van der Waals surface area (Å²) in [5.74, 6) is 0. The minimum Gasteiger partial charge on any atom is -0.378 e. The van der Waals surface area contributed by atoms with E-state index in [0.717, 1.165) is 45.6 Å². The van der Waals surface area contributed by atoms with Crippen LogP contribution in [-0.2, 0) is 4.74 Å². The third-order valence-electron chi connectivity index (χ3n) is 3.51. The quantitative estimate of drug-likeness (QED) is 0.735. The van der Waals surface area contributed by atoms with Gasteiger partial charge >= 0.3 is 6.03 Å². The highest BCUT2D eigenvalue weighted by Gasteiger charge is 2.16. The van der Waals surface area contributed by atoms with E-state index in [1.54, 1.807) is 0 Å². The number of ether oxygens (including phenoxy) is 1. The monoisotopic (exact) mass is 254 g/mol. The van der Waals surface area contributed by atoms with Gasteiger partial charge in [0.05, 0.1) is 13.2 Å². The second kappa shape index (κ2) is 7.59. The fourth-order valence-corrected chi connectivity index (χ4v) is 2.38. The van der Waals surface area contributed by atoms with Gasteiger partial charge in [-0.1, -0.05) is 0 Å². The number of nitrogens with one attached hydrogen (secondary N) is 1. The van der Waals surface area contributed by atoms with E-state index in [2.05, 4.69) is 16.6 Å². The molecule has 0 aliphatic carbocycles. The molecular weight excluding hydrogens is 230 g/mol. The number of urea groups is 1. The lowest BCUT2D eigenvalue weighted by Gasteiger charge is -2.27. The Hall–Kier alpha value is -0.810. The number of likely N-dealkylation sites (tertiary alicyclic amines) is 1. The molecule has 5 nitrogen and oxygen atoms in total. The average molecular weight is 254 g/mol. The Morgan fingerprint density at radius 1 is 1.22 bits per heavy atom. The smallest absolute Gasteiger partial charge is 0.317 e. The third-order valence-corrected chi connectivity index (χ3v) is 3.51. The number of hydrogen-bond donors (Lipinski definition) is 1. The molecule has 0 spiro atoms. The Morgan fingerprint density at radius 2 is 2.06 bits per heavy atom. The second-order valence-electron chi connectivity index (χ2n) is 4.92. The van der Waals surface area contributed by atoms with Crippen LogP contribution in [-0.4, -0.2) is 68.3 Å². The molecule has 0 atom stereocenters. The van der Waals surface area contributed by atoms with Gasteiger partial charge in [-0.25, -0.2) is 4.79 Å². The summed E-state index contributed by atoms with van der Waals surface area (Å²) in [6.07, 6.45) is 5.79. The zero-order valence-electron chi connectivity index (χ0n) is 11.1. The predicted molar refractivity (Wildman–Crippen MR) is 70.4 cm³/mol. The summed E-state index contributed by atoms with van der Waals surface area (Å²) in [5, 5.41) is 2.98. The van der Waals surface area contributed by atoms with Crippen LogP contribution in [0, 0.1) is 6.42 Å². The van der Waals surface area contributed by atoms with Crippen LogP contribution < -0.4 is 5.32 Å². The normalized spacial score (nSPS) is 21.2. The van der Waals surface area contributed by atoms with Gasteiger partial charge in [0.25, 0.3) is 0 Å². The summed E-state index contributed by atoms with van der Waals surface area (Å²) in [6, 6.07) is 0.0628. The van der Waals surface area contributed by atoms with Crippen LogP contribution in [0.4, 0.5) is 4.79 Å². The molecule has 103 valence electrons. The highest BCUT2D eigenvalue weighted by molar-refractivity contribution is 5.74. The van der Waals surface area contributed by atoms with Crippen molar-refractivity contribution in [3.63, 3.8) is 0 Å². The molecule has 0 bridgehead atoms. The Balaban J connectivity index is 1.48. The van der Waals surface area contributed by atoms with Crippen LogP contribution >= 0.6 is 0 Å². The molecule has 2 fully saturated rings. The Morgan fingerprint density at radius 3 is 2.78 bits per heavy atom. The number of hydrogen-bond acceptors (Lipinski definition) is 3. The molecule has 0 aromatic carbocycles. The standard InChI is InChI=1S/C13H24N3O2/c17-13(16-9-11-18-12-10-16)14-5-1-2-6-15-7-3-4-8-15/h3H,1-2,4-12H2,(H,14,17). The van der Waals surface area contributed by atoms with Crippen molar-refractivity contribution in [2.45, 2.75) is 19.3 Å². The van der Waals surface area contributed by atoms with Crippen molar-refractivity contribution in [1.29, 1.82) is 0 Å². The number of carbonyl (C=O) groups excluding carboxylic acids is 1. The molecule has 2 rings (SSSR count). The van der Waals surface area contributed by atoms with Gasteiger partial charge in [-0.2, -0.15) is 0 Å². The molecule has 1 N–H and O–H groups in total. The zero-order valence-corrected chi connectivity index (χ0v) is 11.1. The van der Waals surface area contributed by atoms with E-state index in [-0.39, 0.29) is 6.03 Å². The van der Waals surface area contributed by atoms with Crippen molar-refractivity contribution in [2.75, 3.05) is 52.5 Å². The van der Waals surface area contributed by atoms with E-state index in [1.165, 1.54) is 13.0 Å². The molecule has 0 unspecified atom stereocenters. The molecule has 2 saturated heterocycles. The molecule has 0 aromatic heterocycles. The highest BCUT2D eigenvalue weighted by atomic mass is 16.5. The Bertz CT molecular complexity index is 249. The number of carbonyl (C=O) groups is 1. The summed E-state index contributed by atoms with van der Waals surface area (Å²) >= 11 is 0. The van der Waals surface area contributed by atoms with Crippen molar-refractivity contribution < 1.29 is 9.53 Å². The average Bonchev–Trinajstić information content (AvgIpc) is 2.92. The maximum Gasteiger partial charge on any atom is 0.317 e. The summed E-state index contributed by atoms with van der Waals surface area (Å²) in [5.41, 5.74) is 0. The number of amides is 2. The molecule has 0 aromatic rings. The Kier molecular flexibility index (Phi) is 5.74. The first-order valence-corrected chi connectivity index (χ1v) is 7.01. The summed E-state index contributed by atoms with van der Waals surface area (Å²) < 4.78 is 5.22. The second-order valence-corrected chi connectivity index (χ2v) is 4.92. The third kappa shape index (κ3) is 4.46. The molecule has 0 saturated carbocycles. The van der Waals surface area contributed by atoms with E-state index in [9.17, 15) is 4.79 Å². The van der Waals surface area contributed by atoms with Gasteiger partial charge in [-0.15, -0.1) is 0 Å². The van der Waals surface area contributed by atoms with Crippen molar-refractivity contribution >= 4 is 6.03 Å². The fourth-order valence-electron chi connectivity index (χ4n) is 2.38. The van der Waals surface area contributed by atoms with Crippen LogP contribution in [0.2, 0.25) is 0 Å². The molecule has 2 aliphatic heterocycles. The Labute approximate surface area is 109 Å². The lowest BCUT2D eigenvalue weighted by molar-refractivity contribution is 0.0532. The molecule has 5 heteroatoms. The molecule has 2 amide bonds. The van der Waals surface area contributed by atoms with E-state index in [1.807, 2.05) is 4.90 Å². The molecule has 18 heavy (non-hydrogen) atoms. The van der Waals surface area contributed by atoms with Gasteiger partial charge in [-0.05, 0) is 38.8 Å².